The Morgan fingerprint density at radius 3 is 2.65 bits per heavy atom. The van der Waals surface area contributed by atoms with E-state index < -0.39 is 11.9 Å². The summed E-state index contributed by atoms with van der Waals surface area (Å²) < 4.78 is 5.12. The van der Waals surface area contributed by atoms with Crippen molar-refractivity contribution in [3.05, 3.63) is 29.8 Å². The molecule has 5 heteroatoms. The van der Waals surface area contributed by atoms with Crippen molar-refractivity contribution < 1.29 is 19.4 Å². The van der Waals surface area contributed by atoms with Crippen LogP contribution in [0.1, 0.15) is 19.4 Å². The Morgan fingerprint density at radius 2 is 2.10 bits per heavy atom. The van der Waals surface area contributed by atoms with Crippen LogP contribution in [0.25, 0.3) is 0 Å². The molecule has 0 fully saturated rings. The van der Waals surface area contributed by atoms with E-state index in [4.69, 9.17) is 9.84 Å². The molecule has 110 valence electrons. The van der Waals surface area contributed by atoms with Crippen LogP contribution in [-0.2, 0) is 16.0 Å². The lowest BCUT2D eigenvalue weighted by Gasteiger charge is -2.23. The van der Waals surface area contributed by atoms with E-state index in [-0.39, 0.29) is 18.9 Å². The van der Waals surface area contributed by atoms with Gasteiger partial charge in [-0.25, -0.2) is 0 Å². The molecule has 1 N–H and O–H groups in total. The summed E-state index contributed by atoms with van der Waals surface area (Å²) in [5.41, 5.74) is 0.857. The highest BCUT2D eigenvalue weighted by Gasteiger charge is 2.19. The van der Waals surface area contributed by atoms with Crippen LogP contribution in [0.2, 0.25) is 0 Å². The predicted molar refractivity (Wildman–Crippen MR) is 75.8 cm³/mol. The number of amides is 1. The van der Waals surface area contributed by atoms with Crippen molar-refractivity contribution in [3.63, 3.8) is 0 Å². The minimum absolute atomic E-state index is 0.0751. The monoisotopic (exact) mass is 279 g/mol. The molecule has 0 saturated heterocycles. The molecule has 1 aromatic rings. The zero-order valence-corrected chi connectivity index (χ0v) is 12.1. The number of ether oxygens (including phenoxy) is 1. The summed E-state index contributed by atoms with van der Waals surface area (Å²) in [5, 5.41) is 8.91. The van der Waals surface area contributed by atoms with Gasteiger partial charge in [0.2, 0.25) is 5.91 Å². The number of aliphatic carboxylic acids is 1. The first-order valence-electron chi connectivity index (χ1n) is 6.61. The van der Waals surface area contributed by atoms with Crippen molar-refractivity contribution in [2.45, 2.75) is 20.3 Å². The SMILES string of the molecule is CCN(CC(C)C(=O)O)C(=O)Cc1cccc(OC)c1. The van der Waals surface area contributed by atoms with Crippen LogP contribution in [0, 0.1) is 5.92 Å². The summed E-state index contributed by atoms with van der Waals surface area (Å²) in [7, 11) is 1.58. The zero-order chi connectivity index (χ0) is 15.1. The maximum absolute atomic E-state index is 12.2. The second-order valence-electron chi connectivity index (χ2n) is 4.70. The number of likely N-dealkylation sites (N-methyl/N-ethyl adjacent to an activating group) is 1. The van der Waals surface area contributed by atoms with Gasteiger partial charge in [0.15, 0.2) is 0 Å². The molecule has 1 unspecified atom stereocenters. The van der Waals surface area contributed by atoms with Gasteiger partial charge in [0.1, 0.15) is 5.75 Å². The Morgan fingerprint density at radius 1 is 1.40 bits per heavy atom. The third-order valence-electron chi connectivity index (χ3n) is 3.14. The van der Waals surface area contributed by atoms with Gasteiger partial charge in [-0.2, -0.15) is 0 Å². The summed E-state index contributed by atoms with van der Waals surface area (Å²) >= 11 is 0. The fourth-order valence-electron chi connectivity index (χ4n) is 1.88. The number of nitrogens with zero attached hydrogens (tertiary/aromatic N) is 1. The summed E-state index contributed by atoms with van der Waals surface area (Å²) in [4.78, 5) is 24.6. The largest absolute Gasteiger partial charge is 0.497 e. The average molecular weight is 279 g/mol. The van der Waals surface area contributed by atoms with E-state index in [0.29, 0.717) is 12.3 Å². The predicted octanol–water partition coefficient (Wildman–Crippen LogP) is 1.81. The topological polar surface area (TPSA) is 66.8 Å². The molecule has 1 rings (SSSR count). The Hall–Kier alpha value is -2.04. The second kappa shape index (κ2) is 7.53. The van der Waals surface area contributed by atoms with Gasteiger partial charge in [0.25, 0.3) is 0 Å². The molecule has 0 aromatic heterocycles. The van der Waals surface area contributed by atoms with Crippen LogP contribution in [-0.4, -0.2) is 42.1 Å². The minimum atomic E-state index is -0.891. The fourth-order valence-corrected chi connectivity index (χ4v) is 1.88. The van der Waals surface area contributed by atoms with Gasteiger partial charge in [-0.15, -0.1) is 0 Å². The van der Waals surface area contributed by atoms with Crippen molar-refractivity contribution in [1.29, 1.82) is 0 Å². The molecule has 0 spiro atoms. The third-order valence-corrected chi connectivity index (χ3v) is 3.14. The van der Waals surface area contributed by atoms with Crippen LogP contribution in [0.5, 0.6) is 5.75 Å². The zero-order valence-electron chi connectivity index (χ0n) is 12.1. The summed E-state index contributed by atoms with van der Waals surface area (Å²) in [6, 6.07) is 7.32. The molecule has 0 aliphatic carbocycles. The standard InChI is InChI=1S/C15H21NO4/c1-4-16(10-11(2)15(18)19)14(17)9-12-6-5-7-13(8-12)20-3/h5-8,11H,4,9-10H2,1-3H3,(H,18,19). The first kappa shape index (κ1) is 16.0. The van der Waals surface area contributed by atoms with Gasteiger partial charge in [0.05, 0.1) is 19.4 Å². The van der Waals surface area contributed by atoms with Crippen LogP contribution in [0.15, 0.2) is 24.3 Å². The van der Waals surface area contributed by atoms with E-state index in [1.54, 1.807) is 18.9 Å². The van der Waals surface area contributed by atoms with Crippen molar-refractivity contribution in [2.24, 2.45) is 5.92 Å². The number of carboxylic acid groups (broad SMARTS) is 1. The first-order valence-corrected chi connectivity index (χ1v) is 6.61. The van der Waals surface area contributed by atoms with Gasteiger partial charge >= 0.3 is 5.97 Å². The smallest absolute Gasteiger partial charge is 0.308 e. The van der Waals surface area contributed by atoms with Crippen molar-refractivity contribution >= 4 is 11.9 Å². The van der Waals surface area contributed by atoms with Gasteiger partial charge in [0, 0.05) is 13.1 Å². The average Bonchev–Trinajstić information content (AvgIpc) is 2.44. The molecule has 0 bridgehead atoms. The molecular formula is C15H21NO4. The molecule has 0 heterocycles. The Bertz CT molecular complexity index is 473. The van der Waals surface area contributed by atoms with Gasteiger partial charge in [-0.3, -0.25) is 9.59 Å². The number of rotatable bonds is 7. The number of carbonyl (C=O) groups excluding carboxylic acids is 1. The molecule has 0 saturated carbocycles. The number of hydrogen-bond acceptors (Lipinski definition) is 3. The maximum atomic E-state index is 12.2. The molecule has 5 nitrogen and oxygen atoms in total. The van der Waals surface area contributed by atoms with E-state index in [0.717, 1.165) is 5.56 Å². The summed E-state index contributed by atoms with van der Waals surface area (Å²) in [6.07, 6.45) is 0.247. The molecule has 0 radical (unpaired) electrons. The minimum Gasteiger partial charge on any atom is -0.497 e. The molecular weight excluding hydrogens is 258 g/mol. The highest BCUT2D eigenvalue weighted by Crippen LogP contribution is 2.14. The van der Waals surface area contributed by atoms with Gasteiger partial charge < -0.3 is 14.7 Å². The van der Waals surface area contributed by atoms with Crippen molar-refractivity contribution in [1.82, 2.24) is 4.90 Å². The molecule has 0 aliphatic heterocycles. The Kier molecular flexibility index (Phi) is 6.03. The molecule has 1 amide bonds. The number of methoxy groups -OCH3 is 1. The normalized spacial score (nSPS) is 11.8. The van der Waals surface area contributed by atoms with E-state index in [9.17, 15) is 9.59 Å². The maximum Gasteiger partial charge on any atom is 0.308 e. The van der Waals surface area contributed by atoms with E-state index >= 15 is 0 Å². The first-order chi connectivity index (χ1) is 9.47. The Balaban J connectivity index is 2.69. The highest BCUT2D eigenvalue weighted by atomic mass is 16.5. The number of benzene rings is 1. The number of carboxylic acids is 1. The van der Waals surface area contributed by atoms with Crippen LogP contribution in [0.3, 0.4) is 0 Å². The second-order valence-corrected chi connectivity index (χ2v) is 4.70. The fraction of sp³-hybridized carbons (Fsp3) is 0.467. The molecule has 0 aliphatic rings. The van der Waals surface area contributed by atoms with Crippen molar-refractivity contribution in [2.75, 3.05) is 20.2 Å². The Labute approximate surface area is 119 Å². The number of hydrogen-bond donors (Lipinski definition) is 1. The highest BCUT2D eigenvalue weighted by molar-refractivity contribution is 5.79. The molecule has 20 heavy (non-hydrogen) atoms. The van der Waals surface area contributed by atoms with E-state index in [1.807, 2.05) is 31.2 Å². The lowest BCUT2D eigenvalue weighted by Crippen LogP contribution is -2.37. The summed E-state index contributed by atoms with van der Waals surface area (Å²) in [6.45, 7) is 4.18. The third kappa shape index (κ3) is 4.57. The quantitative estimate of drug-likeness (QED) is 0.826. The molecule has 1 atom stereocenters. The van der Waals surface area contributed by atoms with Crippen LogP contribution in [0.4, 0.5) is 0 Å². The number of carbonyl (C=O) groups is 2. The lowest BCUT2D eigenvalue weighted by molar-refractivity contribution is -0.142. The van der Waals surface area contributed by atoms with Crippen LogP contribution >= 0.6 is 0 Å². The van der Waals surface area contributed by atoms with Gasteiger partial charge in [-0.1, -0.05) is 19.1 Å². The van der Waals surface area contributed by atoms with Crippen LogP contribution < -0.4 is 4.74 Å². The molecule has 1 aromatic carbocycles. The van der Waals surface area contributed by atoms with E-state index in [1.165, 1.54) is 0 Å². The van der Waals surface area contributed by atoms with Crippen molar-refractivity contribution in [3.8, 4) is 5.75 Å². The van der Waals surface area contributed by atoms with E-state index in [2.05, 4.69) is 0 Å². The van der Waals surface area contributed by atoms with Gasteiger partial charge in [-0.05, 0) is 24.6 Å². The lowest BCUT2D eigenvalue weighted by atomic mass is 10.1. The summed E-state index contributed by atoms with van der Waals surface area (Å²) in [5.74, 6) is -0.826.